The van der Waals surface area contributed by atoms with E-state index in [1.807, 2.05) is 42.6 Å². The summed E-state index contributed by atoms with van der Waals surface area (Å²) in [6.07, 6.45) is 4.57. The molecular formula is C25H28N6O3. The van der Waals surface area contributed by atoms with Crippen molar-refractivity contribution in [3.8, 4) is 22.4 Å². The molecule has 0 atom stereocenters. The smallest absolute Gasteiger partial charge is 0.282 e. The van der Waals surface area contributed by atoms with Crippen LogP contribution in [0.5, 0.6) is 0 Å². The van der Waals surface area contributed by atoms with Crippen LogP contribution in [0.2, 0.25) is 0 Å². The van der Waals surface area contributed by atoms with Crippen LogP contribution >= 0.6 is 0 Å². The molecule has 0 aliphatic rings. The van der Waals surface area contributed by atoms with Crippen LogP contribution in [-0.2, 0) is 6.54 Å². The number of nitrogens with two attached hydrogens (primary N) is 1. The number of nitrogens with one attached hydrogen (secondary N) is 3. The number of carbonyl (C=O) groups excluding carboxylic acids is 1. The summed E-state index contributed by atoms with van der Waals surface area (Å²) in [5.74, 6) is 0.195. The molecule has 0 aliphatic carbocycles. The van der Waals surface area contributed by atoms with Crippen molar-refractivity contribution in [2.24, 2.45) is 5.73 Å². The van der Waals surface area contributed by atoms with Crippen molar-refractivity contribution in [1.82, 2.24) is 25.0 Å². The van der Waals surface area contributed by atoms with E-state index >= 15 is 0 Å². The van der Waals surface area contributed by atoms with Gasteiger partial charge in [-0.2, -0.15) is 4.98 Å². The van der Waals surface area contributed by atoms with E-state index in [0.717, 1.165) is 41.9 Å². The minimum absolute atomic E-state index is 0.108. The maximum Gasteiger partial charge on any atom is 0.282 e. The van der Waals surface area contributed by atoms with Gasteiger partial charge in [-0.3, -0.25) is 14.0 Å². The summed E-state index contributed by atoms with van der Waals surface area (Å²) in [7, 11) is 0. The number of hydrogen-bond donors (Lipinski definition) is 5. The number of amides is 1. The quantitative estimate of drug-likeness (QED) is 0.228. The van der Waals surface area contributed by atoms with Crippen molar-refractivity contribution in [3.05, 3.63) is 82.4 Å². The molecule has 0 radical (unpaired) electrons. The van der Waals surface area contributed by atoms with Gasteiger partial charge in [0.15, 0.2) is 0 Å². The number of carbonyl (C=O) groups is 1. The van der Waals surface area contributed by atoms with Crippen molar-refractivity contribution in [3.63, 3.8) is 0 Å². The van der Waals surface area contributed by atoms with E-state index in [-0.39, 0.29) is 24.6 Å². The average molecular weight is 461 g/mol. The number of aromatic amines is 1. The second-order valence-electron chi connectivity index (χ2n) is 7.93. The van der Waals surface area contributed by atoms with E-state index in [0.29, 0.717) is 23.4 Å². The molecule has 34 heavy (non-hydrogen) atoms. The number of aliphatic hydroxyl groups is 1. The molecule has 0 saturated heterocycles. The highest BCUT2D eigenvalue weighted by Crippen LogP contribution is 2.21. The summed E-state index contributed by atoms with van der Waals surface area (Å²) >= 11 is 0. The third-order valence-electron chi connectivity index (χ3n) is 5.47. The van der Waals surface area contributed by atoms with Gasteiger partial charge in [-0.25, -0.2) is 0 Å². The lowest BCUT2D eigenvalue weighted by atomic mass is 10.1. The first-order valence-electron chi connectivity index (χ1n) is 11.2. The van der Waals surface area contributed by atoms with Crippen LogP contribution in [0.15, 0.2) is 65.7 Å². The molecule has 1 amide bonds. The van der Waals surface area contributed by atoms with Crippen molar-refractivity contribution in [2.75, 3.05) is 26.2 Å². The normalized spacial score (nSPS) is 11.1. The summed E-state index contributed by atoms with van der Waals surface area (Å²) < 4.78 is 1.79. The van der Waals surface area contributed by atoms with E-state index in [1.54, 1.807) is 22.7 Å². The van der Waals surface area contributed by atoms with E-state index < -0.39 is 0 Å². The lowest BCUT2D eigenvalue weighted by molar-refractivity contribution is 0.0945. The molecule has 2 aromatic heterocycles. The molecule has 0 aliphatic heterocycles. The Labute approximate surface area is 196 Å². The monoisotopic (exact) mass is 460 g/mol. The SMILES string of the molecule is NCCCNCc1ccc(-c2cn3cc(-c4ccc(C(=O)NCCO)cc4)[nH]c3nc2=O)cc1. The molecule has 9 heteroatoms. The molecule has 0 unspecified atom stereocenters. The fourth-order valence-electron chi connectivity index (χ4n) is 3.63. The van der Waals surface area contributed by atoms with Gasteiger partial charge in [0.25, 0.3) is 11.5 Å². The summed E-state index contributed by atoms with van der Waals surface area (Å²) in [4.78, 5) is 32.1. The van der Waals surface area contributed by atoms with Crippen molar-refractivity contribution >= 4 is 11.7 Å². The molecule has 0 fully saturated rings. The number of aliphatic hydroxyl groups excluding tert-OH is 1. The van der Waals surface area contributed by atoms with E-state index in [2.05, 4.69) is 20.6 Å². The number of rotatable bonds is 10. The zero-order valence-corrected chi connectivity index (χ0v) is 18.8. The topological polar surface area (TPSA) is 138 Å². The first-order chi connectivity index (χ1) is 16.6. The fourth-order valence-corrected chi connectivity index (χ4v) is 3.63. The number of benzene rings is 2. The highest BCUT2D eigenvalue weighted by molar-refractivity contribution is 5.94. The minimum Gasteiger partial charge on any atom is -0.395 e. The van der Waals surface area contributed by atoms with Crippen LogP contribution < -0.4 is 21.9 Å². The molecule has 4 rings (SSSR count). The molecule has 0 saturated carbocycles. The molecule has 176 valence electrons. The largest absolute Gasteiger partial charge is 0.395 e. The molecule has 2 heterocycles. The lowest BCUT2D eigenvalue weighted by Gasteiger charge is -2.06. The number of hydrogen-bond acceptors (Lipinski definition) is 6. The molecule has 0 bridgehead atoms. The van der Waals surface area contributed by atoms with E-state index in [9.17, 15) is 9.59 Å². The van der Waals surface area contributed by atoms with Crippen LogP contribution in [0.25, 0.3) is 28.2 Å². The Morgan fingerprint density at radius 1 is 1.03 bits per heavy atom. The van der Waals surface area contributed by atoms with Crippen molar-refractivity contribution in [1.29, 1.82) is 0 Å². The molecule has 9 nitrogen and oxygen atoms in total. The van der Waals surface area contributed by atoms with Gasteiger partial charge in [-0.05, 0) is 48.3 Å². The van der Waals surface area contributed by atoms with Crippen LogP contribution in [-0.4, -0.2) is 51.6 Å². The number of fused-ring (bicyclic) bond motifs is 1. The predicted molar refractivity (Wildman–Crippen MR) is 131 cm³/mol. The Balaban J connectivity index is 1.53. The second kappa shape index (κ2) is 10.9. The fraction of sp³-hybridized carbons (Fsp3) is 0.240. The lowest BCUT2D eigenvalue weighted by Crippen LogP contribution is -2.26. The highest BCUT2D eigenvalue weighted by Gasteiger charge is 2.11. The first-order valence-corrected chi connectivity index (χ1v) is 11.2. The molecule has 2 aromatic carbocycles. The number of nitrogens with zero attached hydrogens (tertiary/aromatic N) is 2. The third-order valence-corrected chi connectivity index (χ3v) is 5.47. The van der Waals surface area contributed by atoms with Gasteiger partial charge in [0.1, 0.15) is 0 Å². The van der Waals surface area contributed by atoms with E-state index in [4.69, 9.17) is 10.8 Å². The number of aromatic nitrogens is 3. The van der Waals surface area contributed by atoms with Crippen LogP contribution in [0.3, 0.4) is 0 Å². The van der Waals surface area contributed by atoms with Gasteiger partial charge < -0.3 is 26.5 Å². The first kappa shape index (κ1) is 23.4. The standard InChI is InChI=1S/C25H28N6O3/c26-10-1-11-27-14-17-2-4-18(5-3-17)21-15-31-16-22(29-25(31)30-24(21)34)19-6-8-20(9-7-19)23(33)28-12-13-32/h2-9,15-16,27,32H,1,10-14,26H2,(H,28,33)(H,29,30,34). The number of H-pyrrole nitrogens is 1. The number of imidazole rings is 1. The van der Waals surface area contributed by atoms with Crippen LogP contribution in [0.4, 0.5) is 0 Å². The summed E-state index contributed by atoms with van der Waals surface area (Å²) in [6, 6.07) is 14.9. The Bertz CT molecular complexity index is 1310. The molecule has 6 N–H and O–H groups in total. The zero-order valence-electron chi connectivity index (χ0n) is 18.8. The zero-order chi connectivity index (χ0) is 23.9. The highest BCUT2D eigenvalue weighted by atomic mass is 16.3. The van der Waals surface area contributed by atoms with Gasteiger partial charge in [0.05, 0.1) is 17.9 Å². The average Bonchev–Trinajstić information content (AvgIpc) is 3.28. The third kappa shape index (κ3) is 5.40. The van der Waals surface area contributed by atoms with Crippen molar-refractivity contribution in [2.45, 2.75) is 13.0 Å². The Kier molecular flexibility index (Phi) is 7.48. The van der Waals surface area contributed by atoms with Crippen LogP contribution in [0.1, 0.15) is 22.3 Å². The van der Waals surface area contributed by atoms with Crippen LogP contribution in [0, 0.1) is 0 Å². The Morgan fingerprint density at radius 2 is 1.76 bits per heavy atom. The molecule has 0 spiro atoms. The minimum atomic E-state index is -0.307. The maximum absolute atomic E-state index is 12.7. The van der Waals surface area contributed by atoms with Gasteiger partial charge >= 0.3 is 0 Å². The van der Waals surface area contributed by atoms with Gasteiger partial charge in [-0.15, -0.1) is 0 Å². The van der Waals surface area contributed by atoms with Crippen molar-refractivity contribution < 1.29 is 9.90 Å². The summed E-state index contributed by atoms with van der Waals surface area (Å²) in [5.41, 5.74) is 9.78. The predicted octanol–water partition coefficient (Wildman–Crippen LogP) is 1.52. The molecule has 4 aromatic rings. The second-order valence-corrected chi connectivity index (χ2v) is 7.93. The van der Waals surface area contributed by atoms with E-state index in [1.165, 1.54) is 0 Å². The summed E-state index contributed by atoms with van der Waals surface area (Å²) in [5, 5.41) is 14.8. The Hall–Kier alpha value is -3.79. The van der Waals surface area contributed by atoms with Gasteiger partial charge in [0.2, 0.25) is 5.78 Å². The summed E-state index contributed by atoms with van der Waals surface area (Å²) in [6.45, 7) is 2.39. The molecular weight excluding hydrogens is 432 g/mol. The maximum atomic E-state index is 12.7. The van der Waals surface area contributed by atoms with Gasteiger partial charge in [0, 0.05) is 31.0 Å². The van der Waals surface area contributed by atoms with Gasteiger partial charge in [-0.1, -0.05) is 36.4 Å². The Morgan fingerprint density at radius 3 is 2.47 bits per heavy atom.